The summed E-state index contributed by atoms with van der Waals surface area (Å²) in [7, 11) is 0. The molecule has 0 amide bonds. The van der Waals surface area contributed by atoms with Crippen molar-refractivity contribution in [2.24, 2.45) is 4.99 Å². The molecule has 0 N–H and O–H groups in total. The Morgan fingerprint density at radius 2 is 2.13 bits per heavy atom. The van der Waals surface area contributed by atoms with Crippen LogP contribution in [0.3, 0.4) is 0 Å². The molecule has 1 aliphatic heterocycles. The van der Waals surface area contributed by atoms with Crippen LogP contribution < -0.4 is 0 Å². The van der Waals surface area contributed by atoms with Crippen LogP contribution in [0.25, 0.3) is 11.0 Å². The Morgan fingerprint density at radius 1 is 1.27 bits per heavy atom. The second kappa shape index (κ2) is 3.12. The Hall–Kier alpha value is -1.77. The Bertz CT molecular complexity index is 540. The van der Waals surface area contributed by atoms with Gasteiger partial charge in [0, 0.05) is 10.9 Å². The molecule has 1 aromatic carbocycles. The highest BCUT2D eigenvalue weighted by molar-refractivity contribution is 5.99. The minimum Gasteiger partial charge on any atom is -0.473 e. The van der Waals surface area contributed by atoms with Crippen molar-refractivity contribution in [2.45, 2.75) is 6.92 Å². The number of fused-ring (bicyclic) bond motifs is 1. The lowest BCUT2D eigenvalue weighted by Crippen LogP contribution is -2.00. The van der Waals surface area contributed by atoms with Gasteiger partial charge in [0.2, 0.25) is 0 Å². The molecular formula is C12H11NO2. The van der Waals surface area contributed by atoms with Crippen LogP contribution in [0, 0.1) is 6.92 Å². The number of furan rings is 1. The van der Waals surface area contributed by atoms with Crippen LogP contribution in [-0.2, 0) is 4.74 Å². The first-order chi connectivity index (χ1) is 7.36. The number of rotatable bonds is 1. The summed E-state index contributed by atoms with van der Waals surface area (Å²) >= 11 is 0. The maximum absolute atomic E-state index is 5.73. The average molecular weight is 201 g/mol. The summed E-state index contributed by atoms with van der Waals surface area (Å²) in [6.45, 7) is 3.42. The van der Waals surface area contributed by atoms with Gasteiger partial charge in [-0.05, 0) is 13.0 Å². The third-order valence-corrected chi connectivity index (χ3v) is 2.62. The third-order valence-electron chi connectivity index (χ3n) is 2.62. The van der Waals surface area contributed by atoms with Crippen LogP contribution in [0.4, 0.5) is 0 Å². The highest BCUT2D eigenvalue weighted by atomic mass is 16.5. The van der Waals surface area contributed by atoms with Crippen molar-refractivity contribution < 1.29 is 9.15 Å². The van der Waals surface area contributed by atoms with Crippen molar-refractivity contribution >= 4 is 16.9 Å². The van der Waals surface area contributed by atoms with Gasteiger partial charge in [0.25, 0.3) is 5.90 Å². The van der Waals surface area contributed by atoms with Crippen molar-refractivity contribution in [1.29, 1.82) is 0 Å². The van der Waals surface area contributed by atoms with Crippen molar-refractivity contribution in [3.63, 3.8) is 0 Å². The maximum Gasteiger partial charge on any atom is 0.253 e. The summed E-state index contributed by atoms with van der Waals surface area (Å²) in [6, 6.07) is 7.98. The van der Waals surface area contributed by atoms with E-state index in [1.54, 1.807) is 0 Å². The first kappa shape index (κ1) is 8.53. The molecule has 0 bridgehead atoms. The molecule has 3 heteroatoms. The quantitative estimate of drug-likeness (QED) is 0.710. The molecule has 0 spiro atoms. The summed E-state index contributed by atoms with van der Waals surface area (Å²) in [6.07, 6.45) is 0. The number of ether oxygens (including phenoxy) is 1. The van der Waals surface area contributed by atoms with Crippen LogP contribution in [0.2, 0.25) is 0 Å². The van der Waals surface area contributed by atoms with E-state index >= 15 is 0 Å². The van der Waals surface area contributed by atoms with E-state index in [4.69, 9.17) is 9.15 Å². The summed E-state index contributed by atoms with van der Waals surface area (Å²) in [5, 5.41) is 1.13. The number of aliphatic imine (C=N–C) groups is 1. The molecule has 0 unspecified atom stereocenters. The molecule has 0 aliphatic carbocycles. The largest absolute Gasteiger partial charge is 0.473 e. The van der Waals surface area contributed by atoms with E-state index in [0.717, 1.165) is 28.8 Å². The van der Waals surface area contributed by atoms with Crippen molar-refractivity contribution in [1.82, 2.24) is 0 Å². The molecule has 2 heterocycles. The second-order valence-corrected chi connectivity index (χ2v) is 3.59. The lowest BCUT2D eigenvalue weighted by Gasteiger charge is -1.97. The normalized spacial score (nSPS) is 15.4. The Balaban J connectivity index is 2.23. The summed E-state index contributed by atoms with van der Waals surface area (Å²) in [4.78, 5) is 4.26. The van der Waals surface area contributed by atoms with Crippen LogP contribution in [0.1, 0.15) is 11.3 Å². The Morgan fingerprint density at radius 3 is 2.87 bits per heavy atom. The van der Waals surface area contributed by atoms with Gasteiger partial charge in [-0.25, -0.2) is 4.99 Å². The standard InChI is InChI=1S/C12H11NO2/c1-8-9-4-2-3-5-10(9)15-11(8)12-13-6-7-14-12/h2-5H,6-7H2,1H3. The van der Waals surface area contributed by atoms with Gasteiger partial charge in [-0.1, -0.05) is 18.2 Å². The number of para-hydroxylation sites is 1. The van der Waals surface area contributed by atoms with E-state index in [-0.39, 0.29) is 0 Å². The molecule has 1 aliphatic rings. The fraction of sp³-hybridized carbons (Fsp3) is 0.250. The molecule has 0 saturated carbocycles. The van der Waals surface area contributed by atoms with E-state index in [9.17, 15) is 0 Å². The molecule has 0 atom stereocenters. The predicted octanol–water partition coefficient (Wildman–Crippen LogP) is 2.52. The smallest absolute Gasteiger partial charge is 0.253 e. The highest BCUT2D eigenvalue weighted by Crippen LogP contribution is 2.26. The Labute approximate surface area is 87.4 Å². The number of nitrogens with zero attached hydrogens (tertiary/aromatic N) is 1. The number of hydrogen-bond acceptors (Lipinski definition) is 3. The zero-order valence-corrected chi connectivity index (χ0v) is 8.49. The summed E-state index contributed by atoms with van der Waals surface area (Å²) < 4.78 is 11.1. The first-order valence-electron chi connectivity index (χ1n) is 5.02. The predicted molar refractivity (Wildman–Crippen MR) is 58.3 cm³/mol. The minimum atomic E-state index is 0.642. The van der Waals surface area contributed by atoms with E-state index in [1.807, 2.05) is 31.2 Å². The van der Waals surface area contributed by atoms with E-state index in [2.05, 4.69) is 4.99 Å². The maximum atomic E-state index is 5.73. The third kappa shape index (κ3) is 1.23. The van der Waals surface area contributed by atoms with Crippen molar-refractivity contribution in [3.05, 3.63) is 35.6 Å². The number of aryl methyl sites for hydroxylation is 1. The molecule has 3 rings (SSSR count). The molecule has 0 saturated heterocycles. The first-order valence-corrected chi connectivity index (χ1v) is 5.02. The molecule has 2 aromatic rings. The number of hydrogen-bond donors (Lipinski definition) is 0. The molecule has 1 aromatic heterocycles. The summed E-state index contributed by atoms with van der Waals surface area (Å²) in [5.74, 6) is 1.41. The van der Waals surface area contributed by atoms with Gasteiger partial charge in [-0.2, -0.15) is 0 Å². The molecular weight excluding hydrogens is 190 g/mol. The monoisotopic (exact) mass is 201 g/mol. The van der Waals surface area contributed by atoms with Crippen molar-refractivity contribution in [3.8, 4) is 0 Å². The van der Waals surface area contributed by atoms with Gasteiger partial charge in [0.1, 0.15) is 12.2 Å². The Kier molecular flexibility index (Phi) is 1.78. The highest BCUT2D eigenvalue weighted by Gasteiger charge is 2.19. The summed E-state index contributed by atoms with van der Waals surface area (Å²) in [5.41, 5.74) is 1.99. The molecule has 0 fully saturated rings. The van der Waals surface area contributed by atoms with Gasteiger partial charge in [0.05, 0.1) is 6.54 Å². The van der Waals surface area contributed by atoms with Gasteiger partial charge in [0.15, 0.2) is 5.76 Å². The van der Waals surface area contributed by atoms with Gasteiger partial charge in [-0.3, -0.25) is 0 Å². The topological polar surface area (TPSA) is 34.7 Å². The second-order valence-electron chi connectivity index (χ2n) is 3.59. The molecule has 0 radical (unpaired) electrons. The van der Waals surface area contributed by atoms with E-state index < -0.39 is 0 Å². The van der Waals surface area contributed by atoms with Crippen LogP contribution in [0.15, 0.2) is 33.7 Å². The van der Waals surface area contributed by atoms with Crippen LogP contribution >= 0.6 is 0 Å². The fourth-order valence-corrected chi connectivity index (χ4v) is 1.85. The molecule has 15 heavy (non-hydrogen) atoms. The minimum absolute atomic E-state index is 0.642. The SMILES string of the molecule is Cc1c(C2=NCCO2)oc2ccccc12. The van der Waals surface area contributed by atoms with Gasteiger partial charge >= 0.3 is 0 Å². The zero-order valence-electron chi connectivity index (χ0n) is 8.49. The van der Waals surface area contributed by atoms with Gasteiger partial charge < -0.3 is 9.15 Å². The average Bonchev–Trinajstić information content (AvgIpc) is 2.87. The fourth-order valence-electron chi connectivity index (χ4n) is 1.85. The van der Waals surface area contributed by atoms with Crippen LogP contribution in [0.5, 0.6) is 0 Å². The zero-order chi connectivity index (χ0) is 10.3. The van der Waals surface area contributed by atoms with Crippen molar-refractivity contribution in [2.75, 3.05) is 13.2 Å². The van der Waals surface area contributed by atoms with Crippen LogP contribution in [-0.4, -0.2) is 19.0 Å². The van der Waals surface area contributed by atoms with E-state index in [1.165, 1.54) is 0 Å². The van der Waals surface area contributed by atoms with Gasteiger partial charge in [-0.15, -0.1) is 0 Å². The molecule has 76 valence electrons. The number of benzene rings is 1. The lowest BCUT2D eigenvalue weighted by molar-refractivity contribution is 0.340. The lowest BCUT2D eigenvalue weighted by atomic mass is 10.1. The molecule has 3 nitrogen and oxygen atoms in total. The van der Waals surface area contributed by atoms with E-state index in [0.29, 0.717) is 12.5 Å².